The number of hydrogen-bond donors (Lipinski definition) is 1. The second-order valence-corrected chi connectivity index (χ2v) is 6.60. The smallest absolute Gasteiger partial charge is 0.0175 e. The summed E-state index contributed by atoms with van der Waals surface area (Å²) in [6.45, 7) is 10.3. The number of benzene rings is 1. The molecule has 1 atom stereocenters. The first-order valence-electron chi connectivity index (χ1n) is 6.97. The Balaban J connectivity index is 2.74. The minimum Gasteiger partial charge on any atom is -0.313 e. The summed E-state index contributed by atoms with van der Waals surface area (Å²) in [6.07, 6.45) is 3.50. The van der Waals surface area contributed by atoms with Crippen molar-refractivity contribution in [3.05, 3.63) is 34.3 Å². The van der Waals surface area contributed by atoms with Crippen LogP contribution in [-0.2, 0) is 6.42 Å². The quantitative estimate of drug-likeness (QED) is 0.763. The highest BCUT2D eigenvalue weighted by Crippen LogP contribution is 2.27. The molecule has 0 aliphatic carbocycles. The molecular formula is C16H26BrN. The number of hydrogen-bond acceptors (Lipinski definition) is 1. The van der Waals surface area contributed by atoms with Crippen molar-refractivity contribution in [3.8, 4) is 0 Å². The summed E-state index contributed by atoms with van der Waals surface area (Å²) in [5.41, 5.74) is 1.75. The van der Waals surface area contributed by atoms with Crippen LogP contribution in [0, 0.1) is 5.41 Å². The van der Waals surface area contributed by atoms with Crippen LogP contribution in [0.5, 0.6) is 0 Å². The molecule has 0 heterocycles. The maximum atomic E-state index is 3.71. The van der Waals surface area contributed by atoms with Crippen LogP contribution in [0.4, 0.5) is 0 Å². The van der Waals surface area contributed by atoms with Crippen LogP contribution in [-0.4, -0.2) is 12.6 Å². The maximum absolute atomic E-state index is 3.71. The summed E-state index contributed by atoms with van der Waals surface area (Å²) in [5.74, 6) is 0. The van der Waals surface area contributed by atoms with Gasteiger partial charge in [0.05, 0.1) is 0 Å². The van der Waals surface area contributed by atoms with Crippen LogP contribution in [0.1, 0.15) is 46.1 Å². The average Bonchev–Trinajstić information content (AvgIpc) is 2.36. The summed E-state index contributed by atoms with van der Waals surface area (Å²) in [6, 6.07) is 9.24. The van der Waals surface area contributed by atoms with Crippen LogP contribution in [0.3, 0.4) is 0 Å². The molecule has 18 heavy (non-hydrogen) atoms. The first kappa shape index (κ1) is 15.7. The molecule has 1 aromatic carbocycles. The van der Waals surface area contributed by atoms with E-state index in [1.54, 1.807) is 0 Å². The lowest BCUT2D eigenvalue weighted by molar-refractivity contribution is 0.230. The monoisotopic (exact) mass is 311 g/mol. The topological polar surface area (TPSA) is 12.0 Å². The van der Waals surface area contributed by atoms with E-state index in [-0.39, 0.29) is 0 Å². The van der Waals surface area contributed by atoms with Gasteiger partial charge in [-0.2, -0.15) is 0 Å². The first-order chi connectivity index (χ1) is 8.49. The normalized spacial score (nSPS) is 13.6. The van der Waals surface area contributed by atoms with Gasteiger partial charge in [-0.15, -0.1) is 0 Å². The third kappa shape index (κ3) is 4.74. The molecule has 1 aromatic rings. The van der Waals surface area contributed by atoms with Gasteiger partial charge in [0.15, 0.2) is 0 Å². The van der Waals surface area contributed by atoms with Crippen LogP contribution in [0.15, 0.2) is 28.7 Å². The summed E-state index contributed by atoms with van der Waals surface area (Å²) in [7, 11) is 0. The van der Waals surface area contributed by atoms with E-state index in [4.69, 9.17) is 0 Å². The van der Waals surface area contributed by atoms with Crippen molar-refractivity contribution in [1.29, 1.82) is 0 Å². The van der Waals surface area contributed by atoms with Gasteiger partial charge in [-0.3, -0.25) is 0 Å². The third-order valence-electron chi connectivity index (χ3n) is 3.85. The molecule has 1 unspecified atom stereocenters. The predicted molar refractivity (Wildman–Crippen MR) is 84.0 cm³/mol. The second kappa shape index (κ2) is 7.30. The summed E-state index contributed by atoms with van der Waals surface area (Å²) >= 11 is 3.49. The first-order valence-corrected chi connectivity index (χ1v) is 7.76. The zero-order valence-corrected chi connectivity index (χ0v) is 13.7. The van der Waals surface area contributed by atoms with Crippen molar-refractivity contribution in [2.24, 2.45) is 5.41 Å². The van der Waals surface area contributed by atoms with E-state index in [9.17, 15) is 0 Å². The third-order valence-corrected chi connectivity index (χ3v) is 4.38. The Bertz CT molecular complexity index is 343. The number of rotatable bonds is 7. The van der Waals surface area contributed by atoms with Gasteiger partial charge in [0.25, 0.3) is 0 Å². The Kier molecular flexibility index (Phi) is 6.37. The zero-order valence-electron chi connectivity index (χ0n) is 12.1. The van der Waals surface area contributed by atoms with E-state index in [0.717, 1.165) is 17.4 Å². The SMILES string of the molecule is CCCNC(Cc1ccc(Br)cc1)C(C)(C)CC. The van der Waals surface area contributed by atoms with Gasteiger partial charge >= 0.3 is 0 Å². The van der Waals surface area contributed by atoms with Gasteiger partial charge in [-0.05, 0) is 48.9 Å². The predicted octanol–water partition coefficient (Wildman–Crippen LogP) is 4.80. The molecule has 0 saturated carbocycles. The molecule has 0 amide bonds. The molecule has 0 spiro atoms. The van der Waals surface area contributed by atoms with E-state index >= 15 is 0 Å². The van der Waals surface area contributed by atoms with Crippen molar-refractivity contribution in [2.45, 2.75) is 53.0 Å². The molecule has 102 valence electrons. The van der Waals surface area contributed by atoms with Gasteiger partial charge in [0, 0.05) is 10.5 Å². The van der Waals surface area contributed by atoms with Gasteiger partial charge in [0.1, 0.15) is 0 Å². The lowest BCUT2D eigenvalue weighted by Gasteiger charge is -2.34. The summed E-state index contributed by atoms with van der Waals surface area (Å²) in [5, 5.41) is 3.71. The molecule has 1 nitrogen and oxygen atoms in total. The molecule has 0 fully saturated rings. The standard InChI is InChI=1S/C16H26BrN/c1-5-11-18-15(16(3,4)6-2)12-13-7-9-14(17)10-8-13/h7-10,15,18H,5-6,11-12H2,1-4H3. The fourth-order valence-electron chi connectivity index (χ4n) is 2.05. The minimum atomic E-state index is 0.336. The van der Waals surface area contributed by atoms with Crippen LogP contribution in [0.2, 0.25) is 0 Å². The highest BCUT2D eigenvalue weighted by molar-refractivity contribution is 9.10. The fourth-order valence-corrected chi connectivity index (χ4v) is 2.31. The largest absolute Gasteiger partial charge is 0.313 e. The van der Waals surface area contributed by atoms with Crippen molar-refractivity contribution < 1.29 is 0 Å². The molecule has 0 aliphatic heterocycles. The molecule has 0 radical (unpaired) electrons. The Morgan fingerprint density at radius 1 is 1.17 bits per heavy atom. The van der Waals surface area contributed by atoms with Gasteiger partial charge < -0.3 is 5.32 Å². The van der Waals surface area contributed by atoms with E-state index < -0.39 is 0 Å². The Morgan fingerprint density at radius 2 is 1.78 bits per heavy atom. The van der Waals surface area contributed by atoms with E-state index in [1.165, 1.54) is 18.4 Å². The second-order valence-electron chi connectivity index (χ2n) is 5.68. The lowest BCUT2D eigenvalue weighted by atomic mass is 9.79. The number of halogens is 1. The molecule has 0 aromatic heterocycles. The average molecular weight is 312 g/mol. The van der Waals surface area contributed by atoms with Crippen LogP contribution >= 0.6 is 15.9 Å². The molecule has 0 saturated heterocycles. The lowest BCUT2D eigenvalue weighted by Crippen LogP contribution is -2.43. The van der Waals surface area contributed by atoms with Crippen molar-refractivity contribution >= 4 is 15.9 Å². The van der Waals surface area contributed by atoms with Gasteiger partial charge in [-0.25, -0.2) is 0 Å². The van der Waals surface area contributed by atoms with E-state index in [0.29, 0.717) is 11.5 Å². The van der Waals surface area contributed by atoms with Crippen molar-refractivity contribution in [2.75, 3.05) is 6.54 Å². The molecule has 1 rings (SSSR count). The molecule has 2 heteroatoms. The molecule has 0 aliphatic rings. The van der Waals surface area contributed by atoms with Gasteiger partial charge in [-0.1, -0.05) is 55.8 Å². The van der Waals surface area contributed by atoms with Crippen molar-refractivity contribution in [1.82, 2.24) is 5.32 Å². The number of nitrogens with one attached hydrogen (secondary N) is 1. The zero-order chi connectivity index (χ0) is 13.6. The van der Waals surface area contributed by atoms with E-state index in [1.807, 2.05) is 0 Å². The maximum Gasteiger partial charge on any atom is 0.0175 e. The van der Waals surface area contributed by atoms with Crippen molar-refractivity contribution in [3.63, 3.8) is 0 Å². The van der Waals surface area contributed by atoms with Crippen LogP contribution < -0.4 is 5.32 Å². The fraction of sp³-hybridized carbons (Fsp3) is 0.625. The highest BCUT2D eigenvalue weighted by atomic mass is 79.9. The minimum absolute atomic E-state index is 0.336. The summed E-state index contributed by atoms with van der Waals surface area (Å²) < 4.78 is 1.15. The molecule has 0 bridgehead atoms. The Morgan fingerprint density at radius 3 is 2.28 bits per heavy atom. The van der Waals surface area contributed by atoms with E-state index in [2.05, 4.69) is 73.2 Å². The Labute approximate surface area is 120 Å². The molecular weight excluding hydrogens is 286 g/mol. The molecule has 1 N–H and O–H groups in total. The Hall–Kier alpha value is -0.340. The van der Waals surface area contributed by atoms with Gasteiger partial charge in [0.2, 0.25) is 0 Å². The van der Waals surface area contributed by atoms with Crippen LogP contribution in [0.25, 0.3) is 0 Å². The summed E-state index contributed by atoms with van der Waals surface area (Å²) in [4.78, 5) is 0. The highest BCUT2D eigenvalue weighted by Gasteiger charge is 2.27.